The summed E-state index contributed by atoms with van der Waals surface area (Å²) in [6.07, 6.45) is 3.28. The van der Waals surface area contributed by atoms with E-state index in [0.717, 1.165) is 48.0 Å². The Bertz CT molecular complexity index is 2120. The lowest BCUT2D eigenvalue weighted by Crippen LogP contribution is -2.50. The van der Waals surface area contributed by atoms with E-state index >= 15 is 0 Å². The SMILES string of the molecule is C=C1CCC[C@@H](C)N1Cc1ccc(C[C@@H](NC(=O)C[C@@H](NS(=O)(=O)c2ccc3cc(OC)ccc3c2)c2ccc3c(c2)OCO3)C(=O)N(C)C(C)C)cc1. The Balaban J connectivity index is 1.23. The first kappa shape index (κ1) is 38.6. The van der Waals surface area contributed by atoms with Crippen molar-refractivity contribution in [3.8, 4) is 17.2 Å². The van der Waals surface area contributed by atoms with E-state index in [-0.39, 0.29) is 36.5 Å². The van der Waals surface area contributed by atoms with E-state index < -0.39 is 28.0 Å². The van der Waals surface area contributed by atoms with Gasteiger partial charge in [0.15, 0.2) is 11.5 Å². The molecule has 2 amide bonds. The Kier molecular flexibility index (Phi) is 11.8. The number of hydrogen-bond acceptors (Lipinski definition) is 8. The van der Waals surface area contributed by atoms with Gasteiger partial charge in [0.1, 0.15) is 11.8 Å². The van der Waals surface area contributed by atoms with Crippen molar-refractivity contribution < 1.29 is 32.2 Å². The summed E-state index contributed by atoms with van der Waals surface area (Å²) in [5.41, 5.74) is 3.70. The Morgan fingerprint density at radius 1 is 0.963 bits per heavy atom. The van der Waals surface area contributed by atoms with Gasteiger partial charge < -0.3 is 29.3 Å². The molecule has 1 saturated heterocycles. The molecule has 1 fully saturated rings. The van der Waals surface area contributed by atoms with E-state index in [1.165, 1.54) is 6.07 Å². The fraction of sp³-hybridized carbons (Fsp3) is 0.381. The summed E-state index contributed by atoms with van der Waals surface area (Å²) < 4.78 is 47.0. The fourth-order valence-electron chi connectivity index (χ4n) is 6.94. The summed E-state index contributed by atoms with van der Waals surface area (Å²) in [4.78, 5) is 31.8. The average Bonchev–Trinajstić information content (AvgIpc) is 3.63. The number of sulfonamides is 1. The number of fused-ring (bicyclic) bond motifs is 2. The number of piperidine rings is 1. The zero-order valence-corrected chi connectivity index (χ0v) is 32.4. The van der Waals surface area contributed by atoms with Gasteiger partial charge in [-0.2, -0.15) is 0 Å². The third-order valence-electron chi connectivity index (χ3n) is 10.4. The lowest BCUT2D eigenvalue weighted by molar-refractivity contribution is -0.136. The van der Waals surface area contributed by atoms with Gasteiger partial charge in [-0.3, -0.25) is 9.59 Å². The van der Waals surface area contributed by atoms with Crippen molar-refractivity contribution in [2.75, 3.05) is 21.0 Å². The van der Waals surface area contributed by atoms with Crippen LogP contribution in [0.1, 0.15) is 69.2 Å². The van der Waals surface area contributed by atoms with Crippen LogP contribution in [0.3, 0.4) is 0 Å². The summed E-state index contributed by atoms with van der Waals surface area (Å²) in [6.45, 7) is 11.1. The van der Waals surface area contributed by atoms with Crippen LogP contribution in [-0.2, 0) is 32.6 Å². The van der Waals surface area contributed by atoms with Crippen molar-refractivity contribution in [2.45, 2.75) is 88.5 Å². The van der Waals surface area contributed by atoms with Crippen LogP contribution in [0.15, 0.2) is 96.0 Å². The minimum atomic E-state index is -4.13. The molecule has 2 heterocycles. The van der Waals surface area contributed by atoms with Gasteiger partial charge in [0.25, 0.3) is 0 Å². The van der Waals surface area contributed by atoms with E-state index in [9.17, 15) is 18.0 Å². The highest BCUT2D eigenvalue weighted by atomic mass is 32.2. The number of amides is 2. The zero-order chi connectivity index (χ0) is 38.6. The number of methoxy groups -OCH3 is 1. The van der Waals surface area contributed by atoms with Gasteiger partial charge in [0.2, 0.25) is 28.6 Å². The Labute approximate surface area is 318 Å². The molecule has 0 radical (unpaired) electrons. The van der Waals surface area contributed by atoms with Crippen molar-refractivity contribution >= 4 is 32.6 Å². The highest BCUT2D eigenvalue weighted by Crippen LogP contribution is 2.36. The maximum absolute atomic E-state index is 14.0. The van der Waals surface area contributed by atoms with Crippen LogP contribution in [-0.4, -0.2) is 69.1 Å². The minimum absolute atomic E-state index is 0.0400. The number of nitrogens with one attached hydrogen (secondary N) is 2. The van der Waals surface area contributed by atoms with Crippen LogP contribution < -0.4 is 24.2 Å². The first-order chi connectivity index (χ1) is 25.8. The normalized spacial score (nSPS) is 16.7. The van der Waals surface area contributed by atoms with Crippen LogP contribution in [0.4, 0.5) is 0 Å². The second-order valence-electron chi connectivity index (χ2n) is 14.5. The number of nitrogens with zero attached hydrogens (tertiary/aromatic N) is 2. The van der Waals surface area contributed by atoms with Crippen molar-refractivity contribution in [1.29, 1.82) is 0 Å². The maximum atomic E-state index is 14.0. The molecule has 4 aromatic rings. The molecule has 0 aliphatic carbocycles. The first-order valence-electron chi connectivity index (χ1n) is 18.4. The number of benzene rings is 4. The Hall–Kier alpha value is -5.07. The molecule has 2 aliphatic heterocycles. The number of hydrogen-bond donors (Lipinski definition) is 2. The van der Waals surface area contributed by atoms with E-state index in [2.05, 4.69) is 40.6 Å². The summed E-state index contributed by atoms with van der Waals surface area (Å²) >= 11 is 0. The predicted octanol–water partition coefficient (Wildman–Crippen LogP) is 6.47. The van der Waals surface area contributed by atoms with E-state index in [1.54, 1.807) is 61.5 Å². The van der Waals surface area contributed by atoms with Crippen LogP contribution in [0, 0.1) is 0 Å². The zero-order valence-electron chi connectivity index (χ0n) is 31.6. The number of likely N-dealkylation sites (N-methyl/N-ethyl adjacent to an activating group) is 1. The van der Waals surface area contributed by atoms with E-state index in [4.69, 9.17) is 14.2 Å². The summed E-state index contributed by atoms with van der Waals surface area (Å²) in [5, 5.41) is 4.49. The molecule has 6 rings (SSSR count). The number of rotatable bonds is 14. The smallest absolute Gasteiger partial charge is 0.245 e. The molecule has 0 saturated carbocycles. The molecule has 2 N–H and O–H groups in total. The second-order valence-corrected chi connectivity index (χ2v) is 16.2. The minimum Gasteiger partial charge on any atom is -0.497 e. The molecule has 11 nitrogen and oxygen atoms in total. The third-order valence-corrected chi connectivity index (χ3v) is 11.9. The fourth-order valence-corrected chi connectivity index (χ4v) is 8.20. The molecule has 0 aromatic heterocycles. The van der Waals surface area contributed by atoms with Gasteiger partial charge in [0.05, 0.1) is 18.0 Å². The predicted molar refractivity (Wildman–Crippen MR) is 209 cm³/mol. The number of allylic oxidation sites excluding steroid dienone is 1. The number of ether oxygens (including phenoxy) is 3. The molecule has 3 atom stereocenters. The van der Waals surface area contributed by atoms with Gasteiger partial charge in [-0.15, -0.1) is 0 Å². The standard InChI is InChI=1S/C42H50N4O7S/c1-27(2)45(5)42(48)38(20-30-10-12-31(13-11-30)25-46-28(3)8-7-9-29(46)4)43-41(47)24-37(34-16-19-39-40(23-34)53-26-52-39)44-54(49,50)36-18-15-32-21-35(51-6)17-14-33(32)22-36/h10-19,21-23,27,29,37-38,44H,3,7-9,20,24-26H2,1-2,4-6H3,(H,43,47)/t29-,37-,38-/m1/s1. The monoisotopic (exact) mass is 754 g/mol. The lowest BCUT2D eigenvalue weighted by Gasteiger charge is -2.37. The molecule has 0 bridgehead atoms. The van der Waals surface area contributed by atoms with Gasteiger partial charge in [-0.05, 0) is 104 Å². The molecule has 286 valence electrons. The summed E-state index contributed by atoms with van der Waals surface area (Å²) in [5.74, 6) is 0.904. The van der Waals surface area contributed by atoms with Crippen molar-refractivity contribution in [3.05, 3.63) is 108 Å². The topological polar surface area (TPSA) is 127 Å². The molecule has 54 heavy (non-hydrogen) atoms. The maximum Gasteiger partial charge on any atom is 0.245 e. The molecule has 4 aromatic carbocycles. The van der Waals surface area contributed by atoms with E-state index in [0.29, 0.717) is 34.2 Å². The van der Waals surface area contributed by atoms with Crippen molar-refractivity contribution in [2.24, 2.45) is 0 Å². The summed E-state index contributed by atoms with van der Waals surface area (Å²) in [7, 11) is -0.846. The highest BCUT2D eigenvalue weighted by molar-refractivity contribution is 7.89. The van der Waals surface area contributed by atoms with Crippen LogP contribution in [0.2, 0.25) is 0 Å². The molecular formula is C42H50N4O7S. The largest absolute Gasteiger partial charge is 0.497 e. The Morgan fingerprint density at radius 3 is 2.39 bits per heavy atom. The van der Waals surface area contributed by atoms with Crippen molar-refractivity contribution in [3.63, 3.8) is 0 Å². The van der Waals surface area contributed by atoms with Crippen LogP contribution in [0.25, 0.3) is 10.8 Å². The molecular weight excluding hydrogens is 705 g/mol. The van der Waals surface area contributed by atoms with Gasteiger partial charge >= 0.3 is 0 Å². The molecule has 12 heteroatoms. The van der Waals surface area contributed by atoms with Crippen LogP contribution in [0.5, 0.6) is 17.2 Å². The quantitative estimate of drug-likeness (QED) is 0.150. The Morgan fingerprint density at radius 2 is 1.67 bits per heavy atom. The number of carbonyl (C=O) groups excluding carboxylic acids is 2. The van der Waals surface area contributed by atoms with Gasteiger partial charge in [-0.25, -0.2) is 13.1 Å². The van der Waals surface area contributed by atoms with Gasteiger partial charge in [0, 0.05) is 44.2 Å². The molecule has 0 unspecified atom stereocenters. The summed E-state index contributed by atoms with van der Waals surface area (Å²) in [6, 6.07) is 21.8. The van der Waals surface area contributed by atoms with Gasteiger partial charge in [-0.1, -0.05) is 49.0 Å². The third kappa shape index (κ3) is 8.99. The first-order valence-corrected chi connectivity index (χ1v) is 19.9. The van der Waals surface area contributed by atoms with Crippen LogP contribution >= 0.6 is 0 Å². The van der Waals surface area contributed by atoms with Crippen molar-refractivity contribution in [1.82, 2.24) is 19.8 Å². The molecule has 0 spiro atoms. The second kappa shape index (κ2) is 16.5. The number of carbonyl (C=O) groups is 2. The lowest BCUT2D eigenvalue weighted by atomic mass is 9.99. The molecule has 2 aliphatic rings. The average molecular weight is 755 g/mol. The highest BCUT2D eigenvalue weighted by Gasteiger charge is 2.30. The van der Waals surface area contributed by atoms with E-state index in [1.807, 2.05) is 32.0 Å². The number of likely N-dealkylation sites (tertiary alicyclic amines) is 1.